The van der Waals surface area contributed by atoms with Crippen molar-refractivity contribution in [2.24, 2.45) is 0 Å². The molecule has 0 N–H and O–H groups in total. The van der Waals surface area contributed by atoms with Gasteiger partial charge in [0.1, 0.15) is 0 Å². The molecule has 11 rings (SSSR count). The molecular weight excluding hydrogens is 609 g/mol. The highest BCUT2D eigenvalue weighted by molar-refractivity contribution is 6.29. The summed E-state index contributed by atoms with van der Waals surface area (Å²) >= 11 is 0. The minimum atomic E-state index is -0.0710. The monoisotopic (exact) mass is 646 g/mol. The normalized spacial score (nSPS) is 18.8. The minimum absolute atomic E-state index is 0.0501. The summed E-state index contributed by atoms with van der Waals surface area (Å²) in [7, 11) is 0. The summed E-state index contributed by atoms with van der Waals surface area (Å²) in [6.07, 6.45) is 2.03. The van der Waals surface area contributed by atoms with Gasteiger partial charge < -0.3 is 8.80 Å². The molecule has 0 fully saturated rings. The van der Waals surface area contributed by atoms with E-state index >= 15 is 0 Å². The summed E-state index contributed by atoms with van der Waals surface area (Å²) in [5, 5.41) is 31.2. The molecule has 0 bridgehead atoms. The molecule has 242 valence electrons. The number of para-hydroxylation sites is 2. The number of nitriles is 2. The van der Waals surface area contributed by atoms with Crippen molar-refractivity contribution in [3.05, 3.63) is 94.0 Å². The van der Waals surface area contributed by atoms with Gasteiger partial charge >= 0.3 is 0 Å². The predicted octanol–water partition coefficient (Wildman–Crippen LogP) is 11.6. The third kappa shape index (κ3) is 2.94. The molecular formula is C46H38N4. The molecule has 0 saturated heterocycles. The molecule has 0 atom stereocenters. The Kier molecular flexibility index (Phi) is 4.66. The maximum atomic E-state index is 10.6. The summed E-state index contributed by atoms with van der Waals surface area (Å²) in [6.45, 7) is 18.6. The lowest BCUT2D eigenvalue weighted by Gasteiger charge is -2.23. The third-order valence-corrected chi connectivity index (χ3v) is 13.0. The number of hydrogen-bond donors (Lipinski definition) is 0. The van der Waals surface area contributed by atoms with Crippen molar-refractivity contribution < 1.29 is 0 Å². The Labute approximate surface area is 290 Å². The van der Waals surface area contributed by atoms with E-state index in [1.54, 1.807) is 0 Å². The predicted molar refractivity (Wildman–Crippen MR) is 207 cm³/mol. The minimum Gasteiger partial charge on any atom is -0.308 e. The van der Waals surface area contributed by atoms with Crippen molar-refractivity contribution in [3.8, 4) is 12.1 Å². The molecule has 0 aliphatic heterocycles. The van der Waals surface area contributed by atoms with Gasteiger partial charge in [0.05, 0.1) is 56.4 Å². The Hall–Kier alpha value is -5.32. The van der Waals surface area contributed by atoms with Crippen LogP contribution in [0.25, 0.3) is 76.2 Å². The zero-order valence-corrected chi connectivity index (χ0v) is 30.0. The van der Waals surface area contributed by atoms with Crippen molar-refractivity contribution in [3.63, 3.8) is 0 Å². The first kappa shape index (κ1) is 28.5. The van der Waals surface area contributed by atoms with Crippen molar-refractivity contribution in [1.82, 2.24) is 8.80 Å². The Balaban J connectivity index is 1.35. The number of nitrogens with zero attached hydrogens (tertiary/aromatic N) is 4. The Bertz CT molecular complexity index is 2940. The lowest BCUT2D eigenvalue weighted by Crippen LogP contribution is -2.18. The van der Waals surface area contributed by atoms with Gasteiger partial charge in [-0.15, -0.1) is 0 Å². The molecule has 0 radical (unpaired) electrons. The van der Waals surface area contributed by atoms with E-state index < -0.39 is 0 Å². The van der Waals surface area contributed by atoms with E-state index in [0.29, 0.717) is 0 Å². The molecule has 4 heterocycles. The smallest absolute Gasteiger partial charge is 0.0995 e. The fraction of sp³-hybridized carbons (Fsp3) is 0.304. The zero-order valence-electron chi connectivity index (χ0n) is 30.0. The van der Waals surface area contributed by atoms with E-state index in [9.17, 15) is 10.5 Å². The first-order valence-electron chi connectivity index (χ1n) is 18.0. The van der Waals surface area contributed by atoms with Gasteiger partial charge in [0.25, 0.3) is 0 Å². The van der Waals surface area contributed by atoms with Gasteiger partial charge in [0, 0.05) is 43.1 Å². The van der Waals surface area contributed by atoms with Crippen LogP contribution in [-0.4, -0.2) is 8.80 Å². The average molecular weight is 647 g/mol. The fourth-order valence-corrected chi connectivity index (χ4v) is 12.3. The number of rotatable bonds is 0. The molecule has 4 nitrogen and oxygen atoms in total. The van der Waals surface area contributed by atoms with Gasteiger partial charge in [-0.2, -0.15) is 10.5 Å². The molecule has 2 aliphatic rings. The van der Waals surface area contributed by atoms with Gasteiger partial charge in [-0.3, -0.25) is 0 Å². The summed E-state index contributed by atoms with van der Waals surface area (Å²) in [5.74, 6) is 0. The SMILES string of the molecule is CC1(C)CC(C)(C)c2c1c(C#N)cc1c2c2cccc3c4cc5c(cc4n1c32)c1cccc2c3c4c(c(C#N)cc3n5c12)C(C)(C)CC4(C)C. The van der Waals surface area contributed by atoms with Crippen LogP contribution in [0.4, 0.5) is 0 Å². The maximum Gasteiger partial charge on any atom is 0.0995 e. The van der Waals surface area contributed by atoms with Crippen molar-refractivity contribution in [2.45, 2.75) is 89.9 Å². The lowest BCUT2D eigenvalue weighted by atomic mass is 9.81. The van der Waals surface area contributed by atoms with Gasteiger partial charge in [0.15, 0.2) is 0 Å². The maximum absolute atomic E-state index is 10.6. The quantitative estimate of drug-likeness (QED) is 0.165. The van der Waals surface area contributed by atoms with Crippen LogP contribution in [0, 0.1) is 22.7 Å². The van der Waals surface area contributed by atoms with E-state index in [1.807, 2.05) is 0 Å². The number of aromatic nitrogens is 2. The van der Waals surface area contributed by atoms with Gasteiger partial charge in [-0.25, -0.2) is 0 Å². The molecule has 4 aromatic heterocycles. The van der Waals surface area contributed by atoms with Crippen LogP contribution in [-0.2, 0) is 21.7 Å². The standard InChI is InChI=1S/C46H38N4/c1-43(2)21-45(5,6)39-35-27-13-9-11-25-29-18-32-30(17-31(29)49(41(25)27)33(35)15-23(19-47)37(39)43)26-12-10-14-28-36-34(50(32)42(26)28)16-24(20-48)38-40(36)46(7,8)22-44(38,3)4/h9-18H,21-22H2,1-8H3. The van der Waals surface area contributed by atoms with Crippen LogP contribution >= 0.6 is 0 Å². The molecule has 50 heavy (non-hydrogen) atoms. The number of fused-ring (bicyclic) bond motifs is 16. The van der Waals surface area contributed by atoms with Crippen LogP contribution in [0.5, 0.6) is 0 Å². The van der Waals surface area contributed by atoms with E-state index in [1.165, 1.54) is 87.4 Å². The second-order valence-corrected chi connectivity index (χ2v) is 18.2. The molecule has 5 aromatic carbocycles. The van der Waals surface area contributed by atoms with Crippen molar-refractivity contribution in [1.29, 1.82) is 10.5 Å². The van der Waals surface area contributed by atoms with E-state index in [-0.39, 0.29) is 21.7 Å². The molecule has 2 aliphatic carbocycles. The molecule has 0 spiro atoms. The van der Waals surface area contributed by atoms with Crippen LogP contribution in [0.1, 0.15) is 102 Å². The third-order valence-electron chi connectivity index (χ3n) is 13.0. The second kappa shape index (κ2) is 8.17. The van der Waals surface area contributed by atoms with Crippen molar-refractivity contribution in [2.75, 3.05) is 0 Å². The van der Waals surface area contributed by atoms with Gasteiger partial charge in [-0.05, 0) is 81.0 Å². The second-order valence-electron chi connectivity index (χ2n) is 18.2. The number of hydrogen-bond acceptors (Lipinski definition) is 2. The lowest BCUT2D eigenvalue weighted by molar-refractivity contribution is 0.403. The molecule has 0 unspecified atom stereocenters. The van der Waals surface area contributed by atoms with Crippen molar-refractivity contribution >= 4 is 76.2 Å². The van der Waals surface area contributed by atoms with E-state index in [4.69, 9.17) is 0 Å². The van der Waals surface area contributed by atoms with Gasteiger partial charge in [-0.1, -0.05) is 91.8 Å². The first-order chi connectivity index (χ1) is 23.7. The first-order valence-corrected chi connectivity index (χ1v) is 18.0. The largest absolute Gasteiger partial charge is 0.308 e. The Morgan fingerprint density at radius 2 is 0.820 bits per heavy atom. The molecule has 9 aromatic rings. The average Bonchev–Trinajstić information content (AvgIpc) is 3.83. The van der Waals surface area contributed by atoms with Gasteiger partial charge in [0.2, 0.25) is 0 Å². The van der Waals surface area contributed by atoms with Crippen LogP contribution in [0.2, 0.25) is 0 Å². The summed E-state index contributed by atoms with van der Waals surface area (Å²) in [6, 6.07) is 28.0. The summed E-state index contributed by atoms with van der Waals surface area (Å²) in [5.41, 5.74) is 13.6. The Morgan fingerprint density at radius 3 is 1.20 bits per heavy atom. The van der Waals surface area contributed by atoms with E-state index in [0.717, 1.165) is 35.0 Å². The fourth-order valence-electron chi connectivity index (χ4n) is 12.3. The van der Waals surface area contributed by atoms with Crippen LogP contribution in [0.15, 0.2) is 60.7 Å². The zero-order chi connectivity index (χ0) is 34.6. The molecule has 0 saturated carbocycles. The van der Waals surface area contributed by atoms with Crippen LogP contribution in [0.3, 0.4) is 0 Å². The highest BCUT2D eigenvalue weighted by atomic mass is 14.9. The summed E-state index contributed by atoms with van der Waals surface area (Å²) < 4.78 is 4.91. The van der Waals surface area contributed by atoms with E-state index in [2.05, 4.69) is 137 Å². The highest BCUT2D eigenvalue weighted by Gasteiger charge is 2.47. The topological polar surface area (TPSA) is 56.4 Å². The van der Waals surface area contributed by atoms with Crippen LogP contribution < -0.4 is 0 Å². The highest BCUT2D eigenvalue weighted by Crippen LogP contribution is 2.57. The molecule has 4 heteroatoms. The Morgan fingerprint density at radius 1 is 0.460 bits per heavy atom. The molecule has 0 amide bonds. The number of benzene rings is 5. The summed E-state index contributed by atoms with van der Waals surface area (Å²) in [4.78, 5) is 0.